The van der Waals surface area contributed by atoms with Crippen LogP contribution in [0.5, 0.6) is 5.75 Å². The number of ether oxygens (including phenoxy) is 1. The highest BCUT2D eigenvalue weighted by Gasteiger charge is 2.32. The molecule has 2 aliphatic rings. The average molecular weight is 483 g/mol. The summed E-state index contributed by atoms with van der Waals surface area (Å²) in [5, 5.41) is 10.8. The van der Waals surface area contributed by atoms with Crippen LogP contribution in [0.15, 0.2) is 47.2 Å². The second-order valence-electron chi connectivity index (χ2n) is 6.90. The average Bonchev–Trinajstić information content (AvgIpc) is 3.16. The van der Waals surface area contributed by atoms with E-state index in [2.05, 4.69) is 0 Å². The summed E-state index contributed by atoms with van der Waals surface area (Å²) in [4.78, 5) is 26.1. The van der Waals surface area contributed by atoms with Crippen LogP contribution in [0.4, 0.5) is 5.69 Å². The van der Waals surface area contributed by atoms with E-state index >= 15 is 0 Å². The zero-order valence-electron chi connectivity index (χ0n) is 16.3. The topological polar surface area (TPSA) is 130 Å². The molecule has 0 bridgehead atoms. The Bertz CT molecular complexity index is 1080. The van der Waals surface area contributed by atoms with Crippen molar-refractivity contribution in [3.63, 3.8) is 0 Å². The Morgan fingerprint density at radius 2 is 2.03 bits per heavy atom. The van der Waals surface area contributed by atoms with Gasteiger partial charge in [-0.2, -0.15) is 0 Å². The molecule has 0 N–H and O–H groups in total. The normalized spacial score (nSPS) is 19.8. The molecule has 2 aliphatic heterocycles. The van der Waals surface area contributed by atoms with E-state index in [4.69, 9.17) is 17.0 Å². The molecule has 0 saturated carbocycles. The number of carbonyl (C=O) groups excluding carboxylic acids is 2. The molecule has 1 aromatic carbocycles. The molecule has 12 heteroatoms. The number of anilines is 1. The van der Waals surface area contributed by atoms with Crippen LogP contribution in [0.25, 0.3) is 0 Å². The van der Waals surface area contributed by atoms with Gasteiger partial charge in [0.2, 0.25) is 0 Å². The molecule has 0 aromatic heterocycles. The zero-order chi connectivity index (χ0) is 22.8. The fourth-order valence-corrected chi connectivity index (χ4v) is 4.80. The van der Waals surface area contributed by atoms with Gasteiger partial charge in [0.1, 0.15) is 4.32 Å². The zero-order valence-corrected chi connectivity index (χ0v) is 18.8. The van der Waals surface area contributed by atoms with Crippen LogP contribution < -0.4 is 14.7 Å². The second kappa shape index (κ2) is 9.39. The van der Waals surface area contributed by atoms with E-state index in [1.807, 2.05) is 6.92 Å². The number of rotatable bonds is 8. The molecule has 31 heavy (non-hydrogen) atoms. The first-order chi connectivity index (χ1) is 14.5. The van der Waals surface area contributed by atoms with E-state index in [1.54, 1.807) is 41.3 Å². The largest absolute Gasteiger partial charge is 0.748 e. The highest BCUT2D eigenvalue weighted by Crippen LogP contribution is 2.39. The number of amides is 1. The van der Waals surface area contributed by atoms with Crippen molar-refractivity contribution < 1.29 is 32.4 Å². The van der Waals surface area contributed by atoms with E-state index in [1.165, 1.54) is 0 Å². The summed E-state index contributed by atoms with van der Waals surface area (Å²) in [5.41, 5.74) is 0.660. The van der Waals surface area contributed by atoms with Gasteiger partial charge in [-0.3, -0.25) is 9.69 Å². The highest BCUT2D eigenvalue weighted by atomic mass is 32.2. The monoisotopic (exact) mass is 482 g/mol. The Hall–Kier alpha value is -2.41. The van der Waals surface area contributed by atoms with Crippen molar-refractivity contribution in [2.45, 2.75) is 13.3 Å². The first-order valence-corrected chi connectivity index (χ1v) is 12.0. The van der Waals surface area contributed by atoms with E-state index in [0.717, 1.165) is 16.7 Å². The van der Waals surface area contributed by atoms with Gasteiger partial charge >= 0.3 is 0 Å². The molecule has 1 fully saturated rings. The number of carboxylic acid groups (broad SMARTS) is 1. The molecule has 0 spiro atoms. The van der Waals surface area contributed by atoms with Gasteiger partial charge in [0.05, 0.1) is 39.0 Å². The van der Waals surface area contributed by atoms with Gasteiger partial charge < -0.3 is 24.1 Å². The Kier molecular flexibility index (Phi) is 7.04. The standard InChI is InChI=1S/C19H20N2O7S3/c1-12(10-15-18(24)21(11-17(22)23)19(29)30-15)6-7-16-20(8-9-31(25,26)27)13-4-2-3-5-14(13)28-16/h2-5,7,10,12H,6,8-9,11H2,1H3,(H,22,23)(H,25,26,27)/p-2. The Morgan fingerprint density at radius 3 is 2.71 bits per heavy atom. The van der Waals surface area contributed by atoms with E-state index in [0.29, 0.717) is 28.6 Å². The minimum atomic E-state index is -4.40. The molecule has 166 valence electrons. The first kappa shape index (κ1) is 23.3. The molecule has 2 heterocycles. The Labute approximate surface area is 189 Å². The van der Waals surface area contributed by atoms with Gasteiger partial charge in [0.25, 0.3) is 5.91 Å². The maximum atomic E-state index is 12.4. The lowest BCUT2D eigenvalue weighted by molar-refractivity contribution is -0.305. The number of thiocarbonyl (C=S) groups is 1. The number of allylic oxidation sites excluding steroid dienone is 2. The third-order valence-electron chi connectivity index (χ3n) is 4.46. The lowest BCUT2D eigenvalue weighted by atomic mass is 10.1. The first-order valence-electron chi connectivity index (χ1n) is 9.18. The molecule has 3 rings (SSSR count). The Balaban J connectivity index is 1.72. The minimum Gasteiger partial charge on any atom is -0.748 e. The fourth-order valence-electron chi connectivity index (χ4n) is 3.03. The van der Waals surface area contributed by atoms with Crippen molar-refractivity contribution in [2.75, 3.05) is 23.7 Å². The third-order valence-corrected chi connectivity index (χ3v) is 6.54. The van der Waals surface area contributed by atoms with Crippen LogP contribution in [0.3, 0.4) is 0 Å². The lowest BCUT2D eigenvalue weighted by Crippen LogP contribution is -2.40. The van der Waals surface area contributed by atoms with Crippen LogP contribution in [0.1, 0.15) is 13.3 Å². The number of hydrogen-bond donors (Lipinski definition) is 0. The van der Waals surface area contributed by atoms with Crippen molar-refractivity contribution >= 4 is 56.0 Å². The lowest BCUT2D eigenvalue weighted by Gasteiger charge is -2.19. The van der Waals surface area contributed by atoms with Gasteiger partial charge in [0, 0.05) is 6.54 Å². The summed E-state index contributed by atoms with van der Waals surface area (Å²) >= 11 is 6.08. The number of nitrogens with zero attached hydrogens (tertiary/aromatic N) is 2. The molecule has 1 atom stereocenters. The fraction of sp³-hybridized carbons (Fsp3) is 0.316. The minimum absolute atomic E-state index is 0.0507. The maximum Gasteiger partial charge on any atom is 0.266 e. The van der Waals surface area contributed by atoms with Crippen molar-refractivity contribution in [3.8, 4) is 5.75 Å². The van der Waals surface area contributed by atoms with Crippen molar-refractivity contribution in [1.29, 1.82) is 0 Å². The molecule has 0 radical (unpaired) electrons. The van der Waals surface area contributed by atoms with Crippen LogP contribution >= 0.6 is 24.0 Å². The number of hydrogen-bond acceptors (Lipinski definition) is 10. The van der Waals surface area contributed by atoms with Gasteiger partial charge in [-0.15, -0.1) is 0 Å². The summed E-state index contributed by atoms with van der Waals surface area (Å²) in [6, 6.07) is 7.06. The molecular weight excluding hydrogens is 464 g/mol. The summed E-state index contributed by atoms with van der Waals surface area (Å²) in [6.45, 7) is 1.21. The summed E-state index contributed by atoms with van der Waals surface area (Å²) in [6.07, 6.45) is 3.88. The van der Waals surface area contributed by atoms with Gasteiger partial charge in [-0.05, 0) is 30.5 Å². The van der Waals surface area contributed by atoms with Crippen molar-refractivity contribution in [1.82, 2.24) is 4.90 Å². The predicted octanol–water partition coefficient (Wildman–Crippen LogP) is 0.792. The number of benzene rings is 1. The number of aliphatic carboxylic acids is 1. The van der Waals surface area contributed by atoms with Crippen LogP contribution in [0.2, 0.25) is 0 Å². The number of fused-ring (bicyclic) bond motifs is 1. The molecule has 1 amide bonds. The predicted molar refractivity (Wildman–Crippen MR) is 116 cm³/mol. The third kappa shape index (κ3) is 5.85. The van der Waals surface area contributed by atoms with Crippen molar-refractivity contribution in [2.24, 2.45) is 5.92 Å². The highest BCUT2D eigenvalue weighted by molar-refractivity contribution is 8.26. The maximum absolute atomic E-state index is 12.4. The van der Waals surface area contributed by atoms with Gasteiger partial charge in [-0.1, -0.05) is 49.1 Å². The quantitative estimate of drug-likeness (QED) is 0.298. The SMILES string of the molecule is CC(C=C1SC(=S)N(CC(=O)[O-])C1=O)CC=C1Oc2ccccc2N1CCS(=O)(=O)[O-]. The van der Waals surface area contributed by atoms with Gasteiger partial charge in [-0.25, -0.2) is 8.42 Å². The molecule has 1 saturated heterocycles. The molecule has 9 nitrogen and oxygen atoms in total. The van der Waals surface area contributed by atoms with Crippen LogP contribution in [-0.2, 0) is 19.7 Å². The molecule has 1 aromatic rings. The number of carboxylic acids is 1. The van der Waals surface area contributed by atoms with E-state index in [9.17, 15) is 27.7 Å². The van der Waals surface area contributed by atoms with Gasteiger partial charge in [0.15, 0.2) is 11.6 Å². The summed E-state index contributed by atoms with van der Waals surface area (Å²) in [5.74, 6) is -1.64. The molecule has 0 aliphatic carbocycles. The van der Waals surface area contributed by atoms with E-state index < -0.39 is 34.3 Å². The molecular formula is C19H18N2O7S3-2. The Morgan fingerprint density at radius 1 is 1.32 bits per heavy atom. The number of carbonyl (C=O) groups is 2. The van der Waals surface area contributed by atoms with Crippen LogP contribution in [0, 0.1) is 5.92 Å². The second-order valence-corrected chi connectivity index (χ2v) is 10.1. The number of thioether (sulfide) groups is 1. The summed E-state index contributed by atoms with van der Waals surface area (Å²) in [7, 11) is -4.40. The van der Waals surface area contributed by atoms with Crippen molar-refractivity contribution in [3.05, 3.63) is 47.2 Å². The van der Waals surface area contributed by atoms with E-state index in [-0.39, 0.29) is 16.8 Å². The smallest absolute Gasteiger partial charge is 0.266 e. The van der Waals surface area contributed by atoms with Crippen LogP contribution in [-0.4, -0.2) is 52.9 Å². The summed E-state index contributed by atoms with van der Waals surface area (Å²) < 4.78 is 39.2. The molecule has 1 unspecified atom stereocenters. The number of para-hydroxylation sites is 2.